The summed E-state index contributed by atoms with van der Waals surface area (Å²) in [5.41, 5.74) is 5.83. The predicted molar refractivity (Wildman–Crippen MR) is 52.2 cm³/mol. The number of ether oxygens (including phenoxy) is 1. The van der Waals surface area contributed by atoms with E-state index in [-0.39, 0.29) is 11.5 Å². The molecule has 2 N–H and O–H groups in total. The quantitative estimate of drug-likeness (QED) is 0.815. The second-order valence-corrected chi connectivity index (χ2v) is 3.74. The lowest BCUT2D eigenvalue weighted by Crippen LogP contribution is -2.18. The summed E-state index contributed by atoms with van der Waals surface area (Å²) in [6, 6.07) is 3.42. The highest BCUT2D eigenvalue weighted by Gasteiger charge is 2.30. The van der Waals surface area contributed by atoms with Gasteiger partial charge in [0.15, 0.2) is 0 Å². The Bertz CT molecular complexity index is 356. The molecular weight excluding hydrogens is 200 g/mol. The van der Waals surface area contributed by atoms with Gasteiger partial charge < -0.3 is 10.5 Å². The Morgan fingerprint density at radius 2 is 2.20 bits per heavy atom. The minimum absolute atomic E-state index is 0.0845. The maximum absolute atomic E-state index is 13.4. The van der Waals surface area contributed by atoms with Crippen LogP contribution in [0.15, 0.2) is 18.2 Å². The molecule has 0 radical (unpaired) electrons. The fourth-order valence-electron chi connectivity index (χ4n) is 1.95. The SMILES string of the molecule is NCC1CCOC1c1cc(F)ccc1F. The smallest absolute Gasteiger partial charge is 0.129 e. The van der Waals surface area contributed by atoms with Gasteiger partial charge in [-0.25, -0.2) is 8.78 Å². The van der Waals surface area contributed by atoms with Gasteiger partial charge in [0.2, 0.25) is 0 Å². The van der Waals surface area contributed by atoms with Gasteiger partial charge in [-0.05, 0) is 31.2 Å². The van der Waals surface area contributed by atoms with Crippen LogP contribution in [0, 0.1) is 17.6 Å². The van der Waals surface area contributed by atoms with Gasteiger partial charge in [-0.1, -0.05) is 0 Å². The molecular formula is C11H13F2NO. The highest BCUT2D eigenvalue weighted by atomic mass is 19.1. The zero-order valence-electron chi connectivity index (χ0n) is 8.25. The molecule has 2 rings (SSSR count). The van der Waals surface area contributed by atoms with Crippen LogP contribution in [0.5, 0.6) is 0 Å². The fraction of sp³-hybridized carbons (Fsp3) is 0.455. The van der Waals surface area contributed by atoms with E-state index < -0.39 is 17.7 Å². The van der Waals surface area contributed by atoms with Crippen molar-refractivity contribution in [3.05, 3.63) is 35.4 Å². The van der Waals surface area contributed by atoms with Crippen molar-refractivity contribution < 1.29 is 13.5 Å². The van der Waals surface area contributed by atoms with Crippen LogP contribution in [0.4, 0.5) is 8.78 Å². The van der Waals surface area contributed by atoms with E-state index in [4.69, 9.17) is 10.5 Å². The minimum Gasteiger partial charge on any atom is -0.373 e. The summed E-state index contributed by atoms with van der Waals surface area (Å²) in [6.07, 6.45) is 0.405. The first kappa shape index (κ1) is 10.5. The normalized spacial score (nSPS) is 25.8. The van der Waals surface area contributed by atoms with Crippen LogP contribution in [-0.2, 0) is 4.74 Å². The third kappa shape index (κ3) is 2.01. The molecule has 0 aromatic heterocycles. The lowest BCUT2D eigenvalue weighted by Gasteiger charge is -2.17. The molecule has 1 aromatic carbocycles. The third-order valence-electron chi connectivity index (χ3n) is 2.78. The number of benzene rings is 1. The second kappa shape index (κ2) is 4.24. The van der Waals surface area contributed by atoms with Gasteiger partial charge in [0, 0.05) is 18.1 Å². The Balaban J connectivity index is 2.31. The summed E-state index contributed by atoms with van der Waals surface area (Å²) < 4.78 is 31.8. The van der Waals surface area contributed by atoms with Gasteiger partial charge in [0.25, 0.3) is 0 Å². The summed E-state index contributed by atoms with van der Waals surface area (Å²) in [4.78, 5) is 0. The summed E-state index contributed by atoms with van der Waals surface area (Å²) in [6.45, 7) is 0.989. The average Bonchev–Trinajstić information content (AvgIpc) is 2.69. The van der Waals surface area contributed by atoms with Crippen LogP contribution in [-0.4, -0.2) is 13.2 Å². The fourth-order valence-corrected chi connectivity index (χ4v) is 1.95. The topological polar surface area (TPSA) is 35.2 Å². The molecule has 1 saturated heterocycles. The van der Waals surface area contributed by atoms with Gasteiger partial charge in [0.05, 0.1) is 6.10 Å². The number of hydrogen-bond donors (Lipinski definition) is 1. The van der Waals surface area contributed by atoms with E-state index in [1.807, 2.05) is 0 Å². The van der Waals surface area contributed by atoms with E-state index in [0.717, 1.165) is 18.6 Å². The molecule has 0 aliphatic carbocycles. The van der Waals surface area contributed by atoms with Crippen LogP contribution in [0.25, 0.3) is 0 Å². The first-order valence-electron chi connectivity index (χ1n) is 4.99. The molecule has 0 bridgehead atoms. The highest BCUT2D eigenvalue weighted by molar-refractivity contribution is 5.22. The van der Waals surface area contributed by atoms with E-state index in [2.05, 4.69) is 0 Å². The van der Waals surface area contributed by atoms with Crippen molar-refractivity contribution in [1.82, 2.24) is 0 Å². The van der Waals surface area contributed by atoms with Crippen molar-refractivity contribution >= 4 is 0 Å². The highest BCUT2D eigenvalue weighted by Crippen LogP contribution is 2.35. The van der Waals surface area contributed by atoms with Gasteiger partial charge >= 0.3 is 0 Å². The van der Waals surface area contributed by atoms with Crippen LogP contribution in [0.3, 0.4) is 0 Å². The molecule has 2 atom stereocenters. The number of hydrogen-bond acceptors (Lipinski definition) is 2. The number of nitrogens with two attached hydrogens (primary N) is 1. The Hall–Kier alpha value is -1.00. The molecule has 1 aromatic rings. The Morgan fingerprint density at radius 3 is 2.93 bits per heavy atom. The van der Waals surface area contributed by atoms with E-state index in [1.54, 1.807) is 0 Å². The molecule has 1 aliphatic heterocycles. The van der Waals surface area contributed by atoms with Crippen LogP contribution < -0.4 is 5.73 Å². The lowest BCUT2D eigenvalue weighted by molar-refractivity contribution is 0.0891. The van der Waals surface area contributed by atoms with E-state index in [1.165, 1.54) is 6.07 Å². The van der Waals surface area contributed by atoms with E-state index in [0.29, 0.717) is 13.2 Å². The first-order valence-corrected chi connectivity index (χ1v) is 4.99. The van der Waals surface area contributed by atoms with Crippen molar-refractivity contribution in [2.24, 2.45) is 11.7 Å². The minimum atomic E-state index is -0.447. The van der Waals surface area contributed by atoms with Crippen molar-refractivity contribution in [3.63, 3.8) is 0 Å². The Morgan fingerprint density at radius 1 is 1.40 bits per heavy atom. The van der Waals surface area contributed by atoms with E-state index >= 15 is 0 Å². The third-order valence-corrected chi connectivity index (χ3v) is 2.78. The summed E-state index contributed by atoms with van der Waals surface area (Å²) in [7, 11) is 0. The van der Waals surface area contributed by atoms with Gasteiger partial charge in [-0.15, -0.1) is 0 Å². The Labute approximate surface area is 87.0 Å². The van der Waals surface area contributed by atoms with Gasteiger partial charge in [-0.2, -0.15) is 0 Å². The maximum atomic E-state index is 13.4. The zero-order valence-corrected chi connectivity index (χ0v) is 8.25. The number of rotatable bonds is 2. The molecule has 1 aliphatic rings. The maximum Gasteiger partial charge on any atom is 0.129 e. The zero-order chi connectivity index (χ0) is 10.8. The molecule has 0 spiro atoms. The van der Waals surface area contributed by atoms with Gasteiger partial charge in [-0.3, -0.25) is 0 Å². The average molecular weight is 213 g/mol. The molecule has 2 nitrogen and oxygen atoms in total. The molecule has 1 heterocycles. The summed E-state index contributed by atoms with van der Waals surface area (Å²) >= 11 is 0. The molecule has 15 heavy (non-hydrogen) atoms. The lowest BCUT2D eigenvalue weighted by atomic mass is 9.95. The molecule has 2 unspecified atom stereocenters. The van der Waals surface area contributed by atoms with Crippen LogP contribution in [0.1, 0.15) is 18.1 Å². The monoisotopic (exact) mass is 213 g/mol. The molecule has 0 saturated carbocycles. The predicted octanol–water partition coefficient (Wildman–Crippen LogP) is 2.00. The number of halogens is 2. The van der Waals surface area contributed by atoms with Crippen molar-refractivity contribution in [2.45, 2.75) is 12.5 Å². The second-order valence-electron chi connectivity index (χ2n) is 3.74. The van der Waals surface area contributed by atoms with Gasteiger partial charge in [0.1, 0.15) is 11.6 Å². The van der Waals surface area contributed by atoms with Crippen LogP contribution in [0.2, 0.25) is 0 Å². The van der Waals surface area contributed by atoms with Crippen molar-refractivity contribution in [3.8, 4) is 0 Å². The molecule has 82 valence electrons. The summed E-state index contributed by atoms with van der Waals surface area (Å²) in [5.74, 6) is -0.791. The molecule has 0 amide bonds. The Kier molecular flexibility index (Phi) is 2.98. The van der Waals surface area contributed by atoms with E-state index in [9.17, 15) is 8.78 Å². The summed E-state index contributed by atoms with van der Waals surface area (Å²) in [5, 5.41) is 0. The van der Waals surface area contributed by atoms with Crippen molar-refractivity contribution in [2.75, 3.05) is 13.2 Å². The van der Waals surface area contributed by atoms with Crippen molar-refractivity contribution in [1.29, 1.82) is 0 Å². The molecule has 1 fully saturated rings. The van der Waals surface area contributed by atoms with Crippen LogP contribution >= 0.6 is 0 Å². The molecule has 4 heteroatoms. The largest absolute Gasteiger partial charge is 0.373 e. The standard InChI is InChI=1S/C11H13F2NO/c12-8-1-2-10(13)9(5-8)11-7(6-14)3-4-15-11/h1-2,5,7,11H,3-4,6,14H2. The first-order chi connectivity index (χ1) is 7.22.